The van der Waals surface area contributed by atoms with Crippen molar-refractivity contribution in [2.75, 3.05) is 12.0 Å². The topological polar surface area (TPSA) is 12.5 Å². The van der Waals surface area contributed by atoms with Crippen molar-refractivity contribution < 1.29 is 4.74 Å². The van der Waals surface area contributed by atoms with Crippen LogP contribution in [0.25, 0.3) is 65.3 Å². The molecule has 0 aliphatic carbocycles. The van der Waals surface area contributed by atoms with E-state index in [1.807, 2.05) is 12.1 Å². The molecule has 244 valence electrons. The van der Waals surface area contributed by atoms with Gasteiger partial charge in [-0.15, -0.1) is 0 Å². The van der Waals surface area contributed by atoms with Gasteiger partial charge in [-0.3, -0.25) is 0 Å². The summed E-state index contributed by atoms with van der Waals surface area (Å²) in [6, 6.07) is 61.8. The number of benzene rings is 9. The fraction of sp³-hybridized carbons (Fsp3) is 0.0612. The minimum absolute atomic E-state index is 0.832. The van der Waals surface area contributed by atoms with Crippen LogP contribution in [0.15, 0.2) is 170 Å². The van der Waals surface area contributed by atoms with Gasteiger partial charge in [0.05, 0.1) is 7.11 Å². The molecule has 0 bridgehead atoms. The summed E-state index contributed by atoms with van der Waals surface area (Å²) in [5.41, 5.74) is 10.7. The molecule has 0 unspecified atom stereocenters. The Hall–Kier alpha value is -6.38. The van der Waals surface area contributed by atoms with Gasteiger partial charge >= 0.3 is 0 Å². The Labute approximate surface area is 298 Å². The first-order chi connectivity index (χ1) is 25.1. The highest BCUT2D eigenvalue weighted by Gasteiger charge is 2.19. The van der Waals surface area contributed by atoms with Gasteiger partial charge in [0, 0.05) is 17.1 Å². The SMILES string of the molecule is COc1ccc(N(c2ccc(C)c(-c3cc4ccccc4c4ccccc34)c2)c2ccc(C)c(-c3cc4ccccc4c4ccccc34)c2)cc1. The minimum Gasteiger partial charge on any atom is -0.497 e. The first-order valence-electron chi connectivity index (χ1n) is 17.5. The summed E-state index contributed by atoms with van der Waals surface area (Å²) in [7, 11) is 1.72. The van der Waals surface area contributed by atoms with E-state index in [1.54, 1.807) is 7.11 Å². The van der Waals surface area contributed by atoms with Gasteiger partial charge < -0.3 is 9.64 Å². The second-order valence-corrected chi connectivity index (χ2v) is 13.4. The highest BCUT2D eigenvalue weighted by atomic mass is 16.5. The zero-order chi connectivity index (χ0) is 34.5. The molecule has 51 heavy (non-hydrogen) atoms. The van der Waals surface area contributed by atoms with Crippen molar-refractivity contribution in [2.24, 2.45) is 0 Å². The van der Waals surface area contributed by atoms with E-state index in [0.29, 0.717) is 0 Å². The molecule has 0 saturated heterocycles. The van der Waals surface area contributed by atoms with Gasteiger partial charge in [-0.2, -0.15) is 0 Å². The summed E-state index contributed by atoms with van der Waals surface area (Å²) in [6.07, 6.45) is 0. The largest absolute Gasteiger partial charge is 0.497 e. The molecule has 0 saturated carbocycles. The van der Waals surface area contributed by atoms with Crippen molar-refractivity contribution in [2.45, 2.75) is 13.8 Å². The quantitative estimate of drug-likeness (QED) is 0.165. The van der Waals surface area contributed by atoms with Crippen LogP contribution in [0.2, 0.25) is 0 Å². The molecule has 0 spiro atoms. The number of anilines is 3. The number of methoxy groups -OCH3 is 1. The van der Waals surface area contributed by atoms with Crippen molar-refractivity contribution in [3.05, 3.63) is 181 Å². The fourth-order valence-electron chi connectivity index (χ4n) is 7.81. The van der Waals surface area contributed by atoms with Crippen LogP contribution in [0.3, 0.4) is 0 Å². The minimum atomic E-state index is 0.832. The summed E-state index contributed by atoms with van der Waals surface area (Å²) >= 11 is 0. The van der Waals surface area contributed by atoms with E-state index in [4.69, 9.17) is 4.74 Å². The van der Waals surface area contributed by atoms with Crippen LogP contribution < -0.4 is 9.64 Å². The van der Waals surface area contributed by atoms with Crippen LogP contribution >= 0.6 is 0 Å². The Morgan fingerprint density at radius 1 is 0.353 bits per heavy atom. The van der Waals surface area contributed by atoms with Gasteiger partial charge in [-0.25, -0.2) is 0 Å². The van der Waals surface area contributed by atoms with Crippen LogP contribution in [0.1, 0.15) is 11.1 Å². The predicted molar refractivity (Wildman–Crippen MR) is 218 cm³/mol. The molecular weight excluding hydrogens is 619 g/mol. The molecule has 0 atom stereocenters. The molecule has 9 aromatic carbocycles. The summed E-state index contributed by atoms with van der Waals surface area (Å²) < 4.78 is 5.58. The molecule has 0 N–H and O–H groups in total. The van der Waals surface area contributed by atoms with Crippen molar-refractivity contribution in [3.63, 3.8) is 0 Å². The molecule has 0 radical (unpaired) electrons. The highest BCUT2D eigenvalue weighted by Crippen LogP contribution is 2.44. The van der Waals surface area contributed by atoms with Crippen molar-refractivity contribution in [3.8, 4) is 28.0 Å². The van der Waals surface area contributed by atoms with E-state index in [9.17, 15) is 0 Å². The third-order valence-corrected chi connectivity index (χ3v) is 10.4. The van der Waals surface area contributed by atoms with Gasteiger partial charge in [-0.05, 0) is 151 Å². The third-order valence-electron chi connectivity index (χ3n) is 10.4. The Morgan fingerprint density at radius 3 is 1.20 bits per heavy atom. The lowest BCUT2D eigenvalue weighted by Crippen LogP contribution is -2.10. The van der Waals surface area contributed by atoms with Crippen LogP contribution in [0.5, 0.6) is 5.75 Å². The highest BCUT2D eigenvalue weighted by molar-refractivity contribution is 6.15. The van der Waals surface area contributed by atoms with Crippen LogP contribution in [-0.4, -0.2) is 7.11 Å². The normalized spacial score (nSPS) is 11.4. The molecule has 0 aromatic heterocycles. The summed E-state index contributed by atoms with van der Waals surface area (Å²) in [5, 5.41) is 10.1. The number of nitrogens with zero attached hydrogens (tertiary/aromatic N) is 1. The second kappa shape index (κ2) is 12.5. The molecule has 2 heteroatoms. The monoisotopic (exact) mass is 655 g/mol. The number of aryl methyl sites for hydroxylation is 2. The molecule has 0 fully saturated rings. The maximum atomic E-state index is 5.58. The Bertz CT molecular complexity index is 2590. The number of hydrogen-bond acceptors (Lipinski definition) is 2. The van der Waals surface area contributed by atoms with Crippen molar-refractivity contribution >= 4 is 60.2 Å². The molecule has 0 aliphatic rings. The lowest BCUT2D eigenvalue weighted by atomic mass is 9.90. The third kappa shape index (κ3) is 5.28. The molecule has 0 heterocycles. The van der Waals surface area contributed by atoms with Crippen LogP contribution in [0.4, 0.5) is 17.1 Å². The first-order valence-corrected chi connectivity index (χ1v) is 17.5. The van der Waals surface area contributed by atoms with E-state index < -0.39 is 0 Å². The molecule has 9 aromatic rings. The maximum Gasteiger partial charge on any atom is 0.119 e. The van der Waals surface area contributed by atoms with Gasteiger partial charge in [0.1, 0.15) is 5.75 Å². The van der Waals surface area contributed by atoms with Gasteiger partial charge in [0.15, 0.2) is 0 Å². The number of fused-ring (bicyclic) bond motifs is 6. The Morgan fingerprint density at radius 2 is 0.745 bits per heavy atom. The van der Waals surface area contributed by atoms with E-state index in [0.717, 1.165) is 22.8 Å². The van der Waals surface area contributed by atoms with Gasteiger partial charge in [0.25, 0.3) is 0 Å². The average molecular weight is 656 g/mol. The maximum absolute atomic E-state index is 5.58. The number of ether oxygens (including phenoxy) is 1. The summed E-state index contributed by atoms with van der Waals surface area (Å²) in [4.78, 5) is 2.37. The number of rotatable bonds is 6. The van der Waals surface area contributed by atoms with Gasteiger partial charge in [-0.1, -0.05) is 109 Å². The smallest absolute Gasteiger partial charge is 0.119 e. The van der Waals surface area contributed by atoms with Crippen LogP contribution in [-0.2, 0) is 0 Å². The predicted octanol–water partition coefficient (Wildman–Crippen LogP) is 13.7. The zero-order valence-electron chi connectivity index (χ0n) is 29.0. The Kier molecular flexibility index (Phi) is 7.51. The zero-order valence-corrected chi connectivity index (χ0v) is 29.0. The Balaban J connectivity index is 1.27. The molecule has 9 rings (SSSR count). The second-order valence-electron chi connectivity index (χ2n) is 13.4. The molecule has 2 nitrogen and oxygen atoms in total. The van der Waals surface area contributed by atoms with E-state index in [2.05, 4.69) is 176 Å². The molecule has 0 amide bonds. The lowest BCUT2D eigenvalue weighted by molar-refractivity contribution is 0.415. The molecular formula is C49H37NO. The van der Waals surface area contributed by atoms with Crippen LogP contribution in [0, 0.1) is 13.8 Å². The standard InChI is InChI=1S/C49H37NO/c1-32-20-22-37(30-46(32)48-28-34-12-4-6-14-40(34)42-16-8-10-18-44(42)48)50(36-24-26-39(51-3)27-25-36)38-23-21-33(2)47(31-38)49-29-35-13-5-7-15-41(35)43-17-9-11-19-45(43)49/h4-31H,1-3H3. The summed E-state index contributed by atoms with van der Waals surface area (Å²) in [6.45, 7) is 4.44. The van der Waals surface area contributed by atoms with E-state index in [-0.39, 0.29) is 0 Å². The van der Waals surface area contributed by atoms with E-state index in [1.165, 1.54) is 76.5 Å². The number of hydrogen-bond donors (Lipinski definition) is 0. The van der Waals surface area contributed by atoms with Crippen molar-refractivity contribution in [1.29, 1.82) is 0 Å². The first kappa shape index (κ1) is 30.7. The fourth-order valence-corrected chi connectivity index (χ4v) is 7.81. The molecule has 0 aliphatic heterocycles. The van der Waals surface area contributed by atoms with Crippen molar-refractivity contribution in [1.82, 2.24) is 0 Å². The van der Waals surface area contributed by atoms with Gasteiger partial charge in [0.2, 0.25) is 0 Å². The lowest BCUT2D eigenvalue weighted by Gasteiger charge is -2.28. The van der Waals surface area contributed by atoms with E-state index >= 15 is 0 Å². The summed E-state index contributed by atoms with van der Waals surface area (Å²) in [5.74, 6) is 0.832. The average Bonchev–Trinajstić information content (AvgIpc) is 3.19.